The van der Waals surface area contributed by atoms with Crippen LogP contribution in [0.2, 0.25) is 0 Å². The fraction of sp³-hybridized carbons (Fsp3) is 0.167. The van der Waals surface area contributed by atoms with Crippen molar-refractivity contribution in [1.29, 1.82) is 0 Å². The Bertz CT molecular complexity index is 472. The number of ether oxygens (including phenoxy) is 2. The molecule has 0 aliphatic carbocycles. The van der Waals surface area contributed by atoms with Crippen LogP contribution in [-0.4, -0.2) is 24.2 Å². The van der Waals surface area contributed by atoms with Crippen LogP contribution in [0.25, 0.3) is 11.3 Å². The van der Waals surface area contributed by atoms with E-state index in [9.17, 15) is 0 Å². The highest BCUT2D eigenvalue weighted by Crippen LogP contribution is 2.36. The fourth-order valence-electron chi connectivity index (χ4n) is 1.54. The standard InChI is InChI=1S/C12H12N2O2/c1-15-11-5-3-4-9(12(11)16-2)10-6-7-13-8-14-10/h3-8H,1-2H3. The van der Waals surface area contributed by atoms with Crippen LogP contribution >= 0.6 is 0 Å². The summed E-state index contributed by atoms with van der Waals surface area (Å²) in [5, 5.41) is 0. The van der Waals surface area contributed by atoms with Gasteiger partial charge in [-0.2, -0.15) is 0 Å². The molecular weight excluding hydrogens is 204 g/mol. The van der Waals surface area contributed by atoms with Crippen molar-refractivity contribution in [1.82, 2.24) is 9.97 Å². The van der Waals surface area contributed by atoms with Gasteiger partial charge in [0.2, 0.25) is 0 Å². The molecule has 4 nitrogen and oxygen atoms in total. The van der Waals surface area contributed by atoms with Gasteiger partial charge in [-0.05, 0) is 18.2 Å². The van der Waals surface area contributed by atoms with Gasteiger partial charge in [0, 0.05) is 11.8 Å². The summed E-state index contributed by atoms with van der Waals surface area (Å²) in [6.45, 7) is 0. The third-order valence-electron chi connectivity index (χ3n) is 2.26. The highest BCUT2D eigenvalue weighted by atomic mass is 16.5. The third kappa shape index (κ3) is 1.82. The van der Waals surface area contributed by atoms with Crippen molar-refractivity contribution in [3.8, 4) is 22.8 Å². The zero-order chi connectivity index (χ0) is 11.4. The lowest BCUT2D eigenvalue weighted by Gasteiger charge is -2.11. The number of hydrogen-bond acceptors (Lipinski definition) is 4. The van der Waals surface area contributed by atoms with Crippen LogP contribution in [0, 0.1) is 0 Å². The van der Waals surface area contributed by atoms with Crippen LogP contribution in [0.15, 0.2) is 36.8 Å². The van der Waals surface area contributed by atoms with E-state index in [0.717, 1.165) is 11.3 Å². The molecule has 82 valence electrons. The number of para-hydroxylation sites is 1. The Morgan fingerprint density at radius 1 is 1.06 bits per heavy atom. The number of rotatable bonds is 3. The van der Waals surface area contributed by atoms with Gasteiger partial charge in [-0.15, -0.1) is 0 Å². The molecule has 0 aliphatic rings. The van der Waals surface area contributed by atoms with Crippen molar-refractivity contribution in [3.05, 3.63) is 36.8 Å². The number of aromatic nitrogens is 2. The van der Waals surface area contributed by atoms with Crippen LogP contribution < -0.4 is 9.47 Å². The summed E-state index contributed by atoms with van der Waals surface area (Å²) in [6, 6.07) is 7.52. The van der Waals surface area contributed by atoms with Gasteiger partial charge in [-0.1, -0.05) is 6.07 Å². The highest BCUT2D eigenvalue weighted by Gasteiger charge is 2.11. The van der Waals surface area contributed by atoms with E-state index >= 15 is 0 Å². The topological polar surface area (TPSA) is 44.2 Å². The van der Waals surface area contributed by atoms with Crippen LogP contribution in [0.4, 0.5) is 0 Å². The minimum absolute atomic E-state index is 0.684. The average Bonchev–Trinajstić information content (AvgIpc) is 2.38. The molecule has 0 spiro atoms. The maximum Gasteiger partial charge on any atom is 0.170 e. The van der Waals surface area contributed by atoms with Gasteiger partial charge in [0.15, 0.2) is 11.5 Å². The van der Waals surface area contributed by atoms with Gasteiger partial charge >= 0.3 is 0 Å². The molecule has 16 heavy (non-hydrogen) atoms. The van der Waals surface area contributed by atoms with E-state index in [-0.39, 0.29) is 0 Å². The molecule has 0 bridgehead atoms. The van der Waals surface area contributed by atoms with Crippen molar-refractivity contribution >= 4 is 0 Å². The molecule has 0 aliphatic heterocycles. The normalized spacial score (nSPS) is 9.88. The second kappa shape index (κ2) is 4.61. The predicted molar refractivity (Wildman–Crippen MR) is 60.6 cm³/mol. The quantitative estimate of drug-likeness (QED) is 0.788. The Hall–Kier alpha value is -2.10. The Kier molecular flexibility index (Phi) is 3.00. The molecule has 2 aromatic rings. The van der Waals surface area contributed by atoms with Gasteiger partial charge < -0.3 is 9.47 Å². The van der Waals surface area contributed by atoms with Gasteiger partial charge in [-0.3, -0.25) is 0 Å². The molecular formula is C12H12N2O2. The maximum absolute atomic E-state index is 5.34. The molecule has 0 unspecified atom stereocenters. The van der Waals surface area contributed by atoms with E-state index in [1.165, 1.54) is 6.33 Å². The maximum atomic E-state index is 5.34. The van der Waals surface area contributed by atoms with Crippen LogP contribution in [-0.2, 0) is 0 Å². The summed E-state index contributed by atoms with van der Waals surface area (Å²) in [5.41, 5.74) is 1.70. The second-order valence-electron chi connectivity index (χ2n) is 3.14. The Morgan fingerprint density at radius 3 is 2.56 bits per heavy atom. The molecule has 0 atom stereocenters. The number of hydrogen-bond donors (Lipinski definition) is 0. The lowest BCUT2D eigenvalue weighted by molar-refractivity contribution is 0.356. The van der Waals surface area contributed by atoms with Crippen molar-refractivity contribution < 1.29 is 9.47 Å². The van der Waals surface area contributed by atoms with E-state index in [0.29, 0.717) is 11.5 Å². The molecule has 1 aromatic carbocycles. The monoisotopic (exact) mass is 216 g/mol. The van der Waals surface area contributed by atoms with Crippen molar-refractivity contribution in [3.63, 3.8) is 0 Å². The molecule has 4 heteroatoms. The molecule has 1 heterocycles. The molecule has 0 fully saturated rings. The first-order valence-corrected chi connectivity index (χ1v) is 4.84. The highest BCUT2D eigenvalue weighted by molar-refractivity contribution is 5.70. The fourth-order valence-corrected chi connectivity index (χ4v) is 1.54. The predicted octanol–water partition coefficient (Wildman–Crippen LogP) is 2.16. The molecule has 0 saturated heterocycles. The Labute approximate surface area is 93.9 Å². The van der Waals surface area contributed by atoms with Crippen molar-refractivity contribution in [2.45, 2.75) is 0 Å². The van der Waals surface area contributed by atoms with Gasteiger partial charge in [0.05, 0.1) is 19.9 Å². The molecule has 1 aromatic heterocycles. The number of methoxy groups -OCH3 is 2. The first kappa shape index (κ1) is 10.4. The number of nitrogens with zero attached hydrogens (tertiary/aromatic N) is 2. The summed E-state index contributed by atoms with van der Waals surface area (Å²) in [5.74, 6) is 1.38. The largest absolute Gasteiger partial charge is 0.493 e. The van der Waals surface area contributed by atoms with E-state index in [4.69, 9.17) is 9.47 Å². The minimum atomic E-state index is 0.684. The van der Waals surface area contributed by atoms with Crippen molar-refractivity contribution in [2.75, 3.05) is 14.2 Å². The van der Waals surface area contributed by atoms with Gasteiger partial charge in [-0.25, -0.2) is 9.97 Å². The first-order chi connectivity index (χ1) is 7.86. The van der Waals surface area contributed by atoms with Crippen LogP contribution in [0.1, 0.15) is 0 Å². The lowest BCUT2D eigenvalue weighted by atomic mass is 10.1. The summed E-state index contributed by atoms with van der Waals surface area (Å²) < 4.78 is 10.6. The third-order valence-corrected chi connectivity index (χ3v) is 2.26. The van der Waals surface area contributed by atoms with Crippen LogP contribution in [0.5, 0.6) is 11.5 Å². The van der Waals surface area contributed by atoms with Gasteiger partial charge in [0.25, 0.3) is 0 Å². The molecule has 2 rings (SSSR count). The molecule has 0 N–H and O–H groups in total. The summed E-state index contributed by atoms with van der Waals surface area (Å²) >= 11 is 0. The lowest BCUT2D eigenvalue weighted by Crippen LogP contribution is -1.94. The summed E-state index contributed by atoms with van der Waals surface area (Å²) in [7, 11) is 3.23. The summed E-state index contributed by atoms with van der Waals surface area (Å²) in [6.07, 6.45) is 3.20. The SMILES string of the molecule is COc1cccc(-c2ccncn2)c1OC. The van der Waals surface area contributed by atoms with E-state index in [1.54, 1.807) is 20.4 Å². The van der Waals surface area contributed by atoms with E-state index < -0.39 is 0 Å². The Balaban J connectivity index is 2.57. The molecule has 0 saturated carbocycles. The molecule has 0 radical (unpaired) electrons. The van der Waals surface area contributed by atoms with Crippen LogP contribution in [0.3, 0.4) is 0 Å². The Morgan fingerprint density at radius 2 is 1.94 bits per heavy atom. The molecule has 0 amide bonds. The second-order valence-corrected chi connectivity index (χ2v) is 3.14. The zero-order valence-electron chi connectivity index (χ0n) is 9.18. The zero-order valence-corrected chi connectivity index (χ0v) is 9.18. The number of benzene rings is 1. The van der Waals surface area contributed by atoms with E-state index in [2.05, 4.69) is 9.97 Å². The van der Waals surface area contributed by atoms with Gasteiger partial charge in [0.1, 0.15) is 6.33 Å². The average molecular weight is 216 g/mol. The summed E-state index contributed by atoms with van der Waals surface area (Å²) in [4.78, 5) is 8.07. The first-order valence-electron chi connectivity index (χ1n) is 4.84. The van der Waals surface area contributed by atoms with Crippen molar-refractivity contribution in [2.24, 2.45) is 0 Å². The minimum Gasteiger partial charge on any atom is -0.493 e. The smallest absolute Gasteiger partial charge is 0.170 e. The van der Waals surface area contributed by atoms with E-state index in [1.807, 2.05) is 24.3 Å².